The van der Waals surface area contributed by atoms with E-state index < -0.39 is 106 Å². The average molecular weight is 1860 g/mol. The van der Waals surface area contributed by atoms with Crippen LogP contribution in [0.2, 0.25) is 0 Å². The number of ether oxygens (including phenoxy) is 3. The summed E-state index contributed by atoms with van der Waals surface area (Å²) in [5, 5.41) is 47.5. The molecule has 5 aromatic heterocycles. The minimum atomic E-state index is -4.66. The molecule has 29 nitrogen and oxygen atoms in total. The molecule has 0 radical (unpaired) electrons. The number of rotatable bonds is 19. The van der Waals surface area contributed by atoms with E-state index in [9.17, 15) is 105 Å². The molecular weight excluding hydrogens is 1770 g/mol. The number of aromatic nitrogens is 10. The van der Waals surface area contributed by atoms with E-state index in [-0.39, 0.29) is 77.3 Å². The molecule has 5 aliphatic heterocycles. The van der Waals surface area contributed by atoms with Crippen molar-refractivity contribution >= 4 is 70.8 Å². The van der Waals surface area contributed by atoms with Gasteiger partial charge < -0.3 is 60.0 Å². The van der Waals surface area contributed by atoms with Gasteiger partial charge in [-0.1, -0.05) is 97.1 Å². The number of carbonyl (C=O) groups excluding carboxylic acids is 5. The van der Waals surface area contributed by atoms with Crippen molar-refractivity contribution in [3.8, 4) is 0 Å². The number of aryl methyl sites for hydroxylation is 4. The van der Waals surface area contributed by atoms with Gasteiger partial charge in [-0.25, -0.2) is 47.4 Å². The summed E-state index contributed by atoms with van der Waals surface area (Å²) in [5.41, 5.74) is 0.916. The molecule has 132 heavy (non-hydrogen) atoms. The number of halogens is 15. The van der Waals surface area contributed by atoms with Gasteiger partial charge in [0, 0.05) is 58.9 Å². The van der Waals surface area contributed by atoms with Crippen molar-refractivity contribution < 1.29 is 124 Å². The Morgan fingerprint density at radius 1 is 0.356 bits per heavy atom. The van der Waals surface area contributed by atoms with Crippen molar-refractivity contribution in [3.05, 3.63) is 269 Å². The molecule has 0 spiro atoms. The maximum absolute atomic E-state index is 13.5. The van der Waals surface area contributed by atoms with Gasteiger partial charge >= 0.3 is 60.7 Å². The number of aromatic carboxylic acids is 2. The molecule has 10 heterocycles. The van der Waals surface area contributed by atoms with Gasteiger partial charge in [0.05, 0.1) is 122 Å². The number of esters is 3. The lowest BCUT2D eigenvalue weighted by molar-refractivity contribution is -0.142. The largest absolute Gasteiger partial charge is 0.478 e. The molecule has 5 aliphatic rings. The first kappa shape index (κ1) is 96.7. The van der Waals surface area contributed by atoms with Crippen LogP contribution in [-0.4, -0.2) is 155 Å². The Labute approximate surface area is 742 Å². The van der Waals surface area contributed by atoms with Gasteiger partial charge in [-0.2, -0.15) is 91.3 Å². The molecule has 0 fully saturated rings. The molecule has 2 amide bonds. The fourth-order valence-corrected chi connectivity index (χ4v) is 16.0. The number of amides is 2. The minimum Gasteiger partial charge on any atom is -0.478 e. The Hall–Kier alpha value is -14.4. The van der Waals surface area contributed by atoms with Gasteiger partial charge in [-0.3, -0.25) is 9.59 Å². The first-order chi connectivity index (χ1) is 62.2. The molecule has 0 aliphatic carbocycles. The standard InChI is InChI=1S/C25H25F3N4O3.C24H23F3N4O3.C16H16F3N3O2.C15H14F3N3O2.C8H8F3N3O2/c1-15(17-8-10-18(11-9-17)24(34)35-3)29-22(33)21-16(2)30-32-13-12-31(23(21)32)14-19-6-4-5-7-20(19)25(26,27)28;1-14(16-7-9-17(10-8-16)23(33)34)28-21(32)20-15(2)29-31-12-11-30(22(20)31)13-18-5-3-4-6-19(18)24(25,26)27;1-10-13(15(23)24-2)14-21(7-8-22(14)20-10)9-11-5-3-4-6-12(11)16(17,18)19;1-9-12(14(22)23)13-20(6-7-21(13)19-9)8-10-4-2-3-5-11(10)15(16,17)18;1-16-7(15)4-5(8(9,10)11)13-14-3-2-12-6(4)14/h4-11,15H,12-14H2,1-3H3,(H,29,33);3-10,14H,11-13H2,1-2H3,(H,28,32)(H,33,34);3-6H,7-9H2,1-2H3;2-5H,6-8H2,1H3,(H,22,23);12H,2-3H2,1H3/t15-;14-;;;/m00.../s1. The molecule has 700 valence electrons. The molecule has 2 atom stereocenters. The van der Waals surface area contributed by atoms with E-state index in [1.54, 1.807) is 129 Å². The number of fused-ring (bicyclic) bond motifs is 5. The average Bonchev–Trinajstić information content (AvgIpc) is 1.64. The quantitative estimate of drug-likeness (QED) is 0.0285. The highest BCUT2D eigenvalue weighted by Gasteiger charge is 2.45. The van der Waals surface area contributed by atoms with Crippen molar-refractivity contribution in [2.75, 3.05) is 79.0 Å². The smallest absolute Gasteiger partial charge is 0.436 e. The van der Waals surface area contributed by atoms with Crippen molar-refractivity contribution in [3.63, 3.8) is 0 Å². The van der Waals surface area contributed by atoms with E-state index in [4.69, 9.17) is 14.6 Å². The summed E-state index contributed by atoms with van der Waals surface area (Å²) < 4.78 is 219. The fourth-order valence-electron chi connectivity index (χ4n) is 16.0. The highest BCUT2D eigenvalue weighted by molar-refractivity contribution is 6.02. The topological polar surface area (TPSA) is 326 Å². The highest BCUT2D eigenvalue weighted by Crippen LogP contribution is 2.43. The Kier molecular flexibility index (Phi) is 28.7. The first-order valence-corrected chi connectivity index (χ1v) is 40.6. The predicted molar refractivity (Wildman–Crippen MR) is 446 cm³/mol. The van der Waals surface area contributed by atoms with Gasteiger partial charge in [-0.05, 0) is 123 Å². The lowest BCUT2D eigenvalue weighted by Crippen LogP contribution is -2.30. The van der Waals surface area contributed by atoms with Gasteiger partial charge in [0.2, 0.25) is 0 Å². The summed E-state index contributed by atoms with van der Waals surface area (Å²) in [5.74, 6) is -3.03. The SMILES string of the molecule is COC(=O)c1c(C(F)(F)F)nn2c1NCC2.COC(=O)c1c(C)nn2c1N(Cc1ccccc1C(F)(F)F)CC2.COC(=O)c1ccc([C@H](C)NC(=O)c2c(C)nn3c2N(Cc2ccccc2C(F)(F)F)CC3)cc1.Cc1nn2c(c1C(=O)N[C@@H](C)c1ccc(C(=O)O)cc1)N(Cc1ccccc1C(F)(F)F)CC2.Cc1nn2c(c1C(=O)O)N(Cc1ccccc1C(F)(F)F)CC2. The van der Waals surface area contributed by atoms with E-state index in [1.165, 1.54) is 79.6 Å². The van der Waals surface area contributed by atoms with Crippen LogP contribution in [0.25, 0.3) is 0 Å². The molecule has 11 aromatic rings. The number of carbonyl (C=O) groups is 7. The van der Waals surface area contributed by atoms with Crippen LogP contribution in [0.4, 0.5) is 94.9 Å². The number of methoxy groups -OCH3 is 3. The summed E-state index contributed by atoms with van der Waals surface area (Å²) in [6, 6.07) is 33.7. The number of benzene rings is 6. The van der Waals surface area contributed by atoms with E-state index in [0.29, 0.717) is 134 Å². The first-order valence-electron chi connectivity index (χ1n) is 40.6. The third-order valence-corrected chi connectivity index (χ3v) is 22.1. The molecule has 44 heteroatoms. The van der Waals surface area contributed by atoms with Gasteiger partial charge in [-0.15, -0.1) is 0 Å². The number of nitrogens with zero attached hydrogens (tertiary/aromatic N) is 14. The normalized spacial score (nSPS) is 14.1. The second kappa shape index (κ2) is 39.1. The zero-order valence-corrected chi connectivity index (χ0v) is 71.8. The van der Waals surface area contributed by atoms with Gasteiger partial charge in [0.25, 0.3) is 11.8 Å². The Bertz CT molecular complexity index is 6130. The second-order valence-electron chi connectivity index (χ2n) is 30.8. The third-order valence-electron chi connectivity index (χ3n) is 22.1. The van der Waals surface area contributed by atoms with Gasteiger partial charge in [0.1, 0.15) is 56.9 Å². The van der Waals surface area contributed by atoms with E-state index in [1.807, 2.05) is 6.92 Å². The van der Waals surface area contributed by atoms with Crippen molar-refractivity contribution in [1.29, 1.82) is 0 Å². The summed E-state index contributed by atoms with van der Waals surface area (Å²) in [7, 11) is 3.60. The zero-order chi connectivity index (χ0) is 96.1. The van der Waals surface area contributed by atoms with E-state index in [2.05, 4.69) is 46.2 Å². The van der Waals surface area contributed by atoms with Crippen LogP contribution in [0.5, 0.6) is 0 Å². The second-order valence-corrected chi connectivity index (χ2v) is 30.8. The molecule has 5 N–H and O–H groups in total. The summed E-state index contributed by atoms with van der Waals surface area (Å²) in [6.07, 6.45) is -22.5. The molecule has 0 unspecified atom stereocenters. The number of nitrogens with one attached hydrogen (secondary N) is 3. The van der Waals surface area contributed by atoms with Crippen LogP contribution in [0.15, 0.2) is 146 Å². The minimum absolute atomic E-state index is 0.00560. The van der Waals surface area contributed by atoms with Crippen LogP contribution < -0.4 is 35.6 Å². The monoisotopic (exact) mass is 1860 g/mol. The number of anilines is 5. The number of carboxylic acid groups (broad SMARTS) is 2. The summed E-state index contributed by atoms with van der Waals surface area (Å²) in [4.78, 5) is 90.7. The maximum atomic E-state index is 13.5. The number of hydrogen-bond donors (Lipinski definition) is 5. The summed E-state index contributed by atoms with van der Waals surface area (Å²) >= 11 is 0. The van der Waals surface area contributed by atoms with Crippen LogP contribution in [0.1, 0.15) is 183 Å². The number of carboxylic acids is 2. The van der Waals surface area contributed by atoms with Gasteiger partial charge in [0.15, 0.2) is 5.69 Å². The third kappa shape index (κ3) is 21.2. The lowest BCUT2D eigenvalue weighted by Gasteiger charge is -2.22. The number of hydrogen-bond acceptors (Lipinski definition) is 20. The summed E-state index contributed by atoms with van der Waals surface area (Å²) in [6.45, 7) is 14.7. The molecule has 0 saturated carbocycles. The van der Waals surface area contributed by atoms with Crippen LogP contribution in [0, 0.1) is 27.7 Å². The Morgan fingerprint density at radius 3 is 0.962 bits per heavy atom. The van der Waals surface area contributed by atoms with E-state index in [0.717, 1.165) is 47.2 Å². The van der Waals surface area contributed by atoms with Crippen LogP contribution >= 0.6 is 0 Å². The van der Waals surface area contributed by atoms with Crippen LogP contribution in [0.3, 0.4) is 0 Å². The molecule has 0 bridgehead atoms. The number of alkyl halides is 15. The zero-order valence-electron chi connectivity index (χ0n) is 71.8. The van der Waals surface area contributed by atoms with Crippen molar-refractivity contribution in [1.82, 2.24) is 59.5 Å². The molecule has 16 rings (SSSR count). The maximum Gasteiger partial charge on any atom is 0.436 e. The highest BCUT2D eigenvalue weighted by atomic mass is 19.4. The van der Waals surface area contributed by atoms with Crippen molar-refractivity contribution in [2.45, 2.75) is 143 Å². The molecule has 6 aromatic carbocycles. The lowest BCUT2D eigenvalue weighted by atomic mass is 10.0. The van der Waals surface area contributed by atoms with Crippen molar-refractivity contribution in [2.24, 2.45) is 0 Å². The fraction of sp³-hybridized carbons (Fsp3) is 0.341. The Balaban J connectivity index is 0.000000152. The predicted octanol–water partition coefficient (Wildman–Crippen LogP) is 16.0. The molecule has 0 saturated heterocycles. The molecular formula is C88H86F15N17O12. The van der Waals surface area contributed by atoms with E-state index >= 15 is 0 Å². The van der Waals surface area contributed by atoms with Crippen LogP contribution in [-0.2, 0) is 104 Å². The Morgan fingerprint density at radius 2 is 0.652 bits per heavy atom.